The number of rotatable bonds is 8. The molecule has 10 heteroatoms. The SMILES string of the molecule is O=C(CSc1ccccc1)NC(Cn1cncn1)CP(=O)(O)O. The molecule has 124 valence electrons. The predicted octanol–water partition coefficient (Wildman–Crippen LogP) is 0.733. The van der Waals surface area contributed by atoms with Crippen molar-refractivity contribution in [1.82, 2.24) is 20.1 Å². The normalized spacial score (nSPS) is 12.8. The van der Waals surface area contributed by atoms with E-state index in [2.05, 4.69) is 15.4 Å². The Bertz CT molecular complexity index is 662. The van der Waals surface area contributed by atoms with Gasteiger partial charge in [-0.2, -0.15) is 5.10 Å². The van der Waals surface area contributed by atoms with Gasteiger partial charge in [0, 0.05) is 4.90 Å². The maximum absolute atomic E-state index is 12.0. The second-order valence-electron chi connectivity index (χ2n) is 4.83. The van der Waals surface area contributed by atoms with Crippen LogP contribution >= 0.6 is 19.4 Å². The number of carbonyl (C=O) groups is 1. The fourth-order valence-corrected chi connectivity index (χ4v) is 3.44. The summed E-state index contributed by atoms with van der Waals surface area (Å²) >= 11 is 1.36. The molecule has 0 radical (unpaired) electrons. The Morgan fingerprint density at radius 2 is 2.09 bits per heavy atom. The van der Waals surface area contributed by atoms with E-state index in [4.69, 9.17) is 9.79 Å². The van der Waals surface area contributed by atoms with Crippen LogP contribution < -0.4 is 5.32 Å². The van der Waals surface area contributed by atoms with Crippen molar-refractivity contribution in [2.75, 3.05) is 11.9 Å². The van der Waals surface area contributed by atoms with Crippen molar-refractivity contribution < 1.29 is 19.1 Å². The van der Waals surface area contributed by atoms with Crippen LogP contribution in [-0.4, -0.2) is 48.4 Å². The summed E-state index contributed by atoms with van der Waals surface area (Å²) in [6.45, 7) is 0.146. The highest BCUT2D eigenvalue weighted by atomic mass is 32.2. The predicted molar refractivity (Wildman–Crippen MR) is 86.0 cm³/mol. The van der Waals surface area contributed by atoms with Crippen molar-refractivity contribution in [1.29, 1.82) is 0 Å². The second-order valence-corrected chi connectivity index (χ2v) is 7.57. The standard InChI is InChI=1S/C13H17N4O4PS/c18-13(8-23-12-4-2-1-3-5-12)16-11(7-22(19,20)21)6-17-10-14-9-15-17/h1-5,9-11H,6-8H2,(H,16,18)(H2,19,20,21). The summed E-state index contributed by atoms with van der Waals surface area (Å²) in [6.07, 6.45) is 2.30. The number of benzene rings is 1. The van der Waals surface area contributed by atoms with Crippen LogP contribution in [0, 0.1) is 0 Å². The largest absolute Gasteiger partial charge is 0.350 e. The van der Waals surface area contributed by atoms with E-state index in [0.717, 1.165) is 4.90 Å². The van der Waals surface area contributed by atoms with Crippen LogP contribution in [0.5, 0.6) is 0 Å². The Labute approximate surface area is 137 Å². The zero-order chi connectivity index (χ0) is 16.7. The van der Waals surface area contributed by atoms with Crippen molar-refractivity contribution in [2.24, 2.45) is 0 Å². The molecule has 0 aliphatic carbocycles. The Hall–Kier alpha value is -1.67. The van der Waals surface area contributed by atoms with Gasteiger partial charge in [-0.15, -0.1) is 11.8 Å². The highest BCUT2D eigenvalue weighted by Crippen LogP contribution is 2.35. The molecule has 23 heavy (non-hydrogen) atoms. The van der Waals surface area contributed by atoms with Crippen molar-refractivity contribution in [3.63, 3.8) is 0 Å². The van der Waals surface area contributed by atoms with Gasteiger partial charge in [0.1, 0.15) is 12.7 Å². The average Bonchev–Trinajstić information content (AvgIpc) is 2.97. The lowest BCUT2D eigenvalue weighted by atomic mass is 10.3. The maximum Gasteiger partial charge on any atom is 0.327 e. The highest BCUT2D eigenvalue weighted by Gasteiger charge is 2.23. The Kier molecular flexibility index (Phi) is 6.35. The first kappa shape index (κ1) is 17.7. The van der Waals surface area contributed by atoms with E-state index in [-0.39, 0.29) is 18.2 Å². The van der Waals surface area contributed by atoms with Gasteiger partial charge >= 0.3 is 7.60 Å². The Balaban J connectivity index is 1.90. The summed E-state index contributed by atoms with van der Waals surface area (Å²) in [6, 6.07) is 8.70. The number of hydrogen-bond acceptors (Lipinski definition) is 5. The molecular formula is C13H17N4O4PS. The topological polar surface area (TPSA) is 117 Å². The minimum absolute atomic E-state index is 0.146. The Morgan fingerprint density at radius 1 is 1.35 bits per heavy atom. The van der Waals surface area contributed by atoms with Gasteiger partial charge in [-0.05, 0) is 12.1 Å². The minimum Gasteiger partial charge on any atom is -0.350 e. The van der Waals surface area contributed by atoms with E-state index in [1.54, 1.807) is 0 Å². The summed E-state index contributed by atoms with van der Waals surface area (Å²) in [5.41, 5.74) is 0. The van der Waals surface area contributed by atoms with Gasteiger partial charge in [-0.3, -0.25) is 14.0 Å². The number of aromatic nitrogens is 3. The zero-order valence-corrected chi connectivity index (χ0v) is 13.9. The third-order valence-corrected chi connectivity index (χ3v) is 4.74. The minimum atomic E-state index is -4.26. The quantitative estimate of drug-likeness (QED) is 0.471. The van der Waals surface area contributed by atoms with Crippen molar-refractivity contribution in [3.05, 3.63) is 43.0 Å². The number of nitrogens with one attached hydrogen (secondary N) is 1. The lowest BCUT2D eigenvalue weighted by molar-refractivity contribution is -0.119. The first-order valence-corrected chi connectivity index (χ1v) is 9.55. The summed E-state index contributed by atoms with van der Waals surface area (Å²) in [7, 11) is -4.26. The summed E-state index contributed by atoms with van der Waals surface area (Å²) in [5.74, 6) is -0.128. The van der Waals surface area contributed by atoms with Gasteiger partial charge in [-0.1, -0.05) is 18.2 Å². The molecule has 1 aromatic carbocycles. The molecule has 1 aromatic heterocycles. The molecule has 8 nitrogen and oxygen atoms in total. The van der Waals surface area contributed by atoms with E-state index in [9.17, 15) is 9.36 Å². The summed E-state index contributed by atoms with van der Waals surface area (Å²) in [4.78, 5) is 35.0. The monoisotopic (exact) mass is 356 g/mol. The van der Waals surface area contributed by atoms with E-state index >= 15 is 0 Å². The van der Waals surface area contributed by atoms with Crippen LogP contribution in [0.3, 0.4) is 0 Å². The number of carbonyl (C=O) groups excluding carboxylic acids is 1. The van der Waals surface area contributed by atoms with Gasteiger partial charge in [0.25, 0.3) is 0 Å². The van der Waals surface area contributed by atoms with E-state index in [1.807, 2.05) is 30.3 Å². The number of nitrogens with zero attached hydrogens (tertiary/aromatic N) is 3. The van der Waals surface area contributed by atoms with Crippen LogP contribution in [0.4, 0.5) is 0 Å². The third kappa shape index (κ3) is 6.96. The van der Waals surface area contributed by atoms with Crippen molar-refractivity contribution >= 4 is 25.3 Å². The molecular weight excluding hydrogens is 339 g/mol. The molecule has 0 spiro atoms. The number of amides is 1. The zero-order valence-electron chi connectivity index (χ0n) is 12.1. The van der Waals surface area contributed by atoms with Gasteiger partial charge in [0.15, 0.2) is 0 Å². The summed E-state index contributed by atoms with van der Waals surface area (Å²) in [5, 5.41) is 6.52. The molecule has 1 amide bonds. The molecule has 0 saturated heterocycles. The van der Waals surface area contributed by atoms with Crippen molar-refractivity contribution in [3.8, 4) is 0 Å². The molecule has 3 N–H and O–H groups in total. The number of thioether (sulfide) groups is 1. The van der Waals surface area contributed by atoms with E-state index in [1.165, 1.54) is 29.1 Å². The lowest BCUT2D eigenvalue weighted by Gasteiger charge is -2.19. The maximum atomic E-state index is 12.0. The van der Waals surface area contributed by atoms with E-state index < -0.39 is 19.8 Å². The smallest absolute Gasteiger partial charge is 0.327 e. The van der Waals surface area contributed by atoms with Crippen LogP contribution in [0.2, 0.25) is 0 Å². The summed E-state index contributed by atoms with van der Waals surface area (Å²) < 4.78 is 12.6. The molecule has 0 saturated carbocycles. The first-order chi connectivity index (χ1) is 10.9. The molecule has 2 rings (SSSR count). The van der Waals surface area contributed by atoms with Crippen LogP contribution in [0.15, 0.2) is 47.9 Å². The number of hydrogen-bond donors (Lipinski definition) is 3. The second kappa shape index (κ2) is 8.26. The Morgan fingerprint density at radius 3 is 2.70 bits per heavy atom. The van der Waals surface area contributed by atoms with Crippen LogP contribution in [0.25, 0.3) is 0 Å². The van der Waals surface area contributed by atoms with E-state index in [0.29, 0.717) is 0 Å². The molecule has 0 fully saturated rings. The van der Waals surface area contributed by atoms with Crippen LogP contribution in [-0.2, 0) is 15.9 Å². The molecule has 0 aliphatic rings. The van der Waals surface area contributed by atoms with Crippen molar-refractivity contribution in [2.45, 2.75) is 17.5 Å². The van der Waals surface area contributed by atoms with Gasteiger partial charge in [0.05, 0.1) is 24.5 Å². The molecule has 0 bridgehead atoms. The molecule has 2 aromatic rings. The molecule has 0 aliphatic heterocycles. The average molecular weight is 356 g/mol. The van der Waals surface area contributed by atoms with Crippen LogP contribution in [0.1, 0.15) is 0 Å². The van der Waals surface area contributed by atoms with Gasteiger partial charge < -0.3 is 15.1 Å². The fraction of sp³-hybridized carbons (Fsp3) is 0.308. The van der Waals surface area contributed by atoms with Gasteiger partial charge in [-0.25, -0.2) is 4.98 Å². The first-order valence-electron chi connectivity index (χ1n) is 6.76. The molecule has 1 atom stereocenters. The highest BCUT2D eigenvalue weighted by molar-refractivity contribution is 8.00. The molecule has 1 unspecified atom stereocenters. The fourth-order valence-electron chi connectivity index (χ4n) is 1.92. The molecule has 1 heterocycles. The van der Waals surface area contributed by atoms with Gasteiger partial charge in [0.2, 0.25) is 5.91 Å². The lowest BCUT2D eigenvalue weighted by Crippen LogP contribution is -2.41. The third-order valence-electron chi connectivity index (χ3n) is 2.81.